The summed E-state index contributed by atoms with van der Waals surface area (Å²) in [6, 6.07) is 13.3. The molecule has 2 rings (SSSR count). The van der Waals surface area contributed by atoms with Crippen LogP contribution < -0.4 is 10.6 Å². The van der Waals surface area contributed by atoms with Gasteiger partial charge in [0, 0.05) is 36.2 Å². The molecule has 0 aliphatic rings. The molecule has 0 saturated carbocycles. The van der Waals surface area contributed by atoms with Crippen molar-refractivity contribution in [3.05, 3.63) is 76.2 Å². The van der Waals surface area contributed by atoms with Crippen LogP contribution in [-0.4, -0.2) is 10.9 Å². The first-order valence-corrected chi connectivity index (χ1v) is 7.73. The molecule has 2 aromatic rings. The summed E-state index contributed by atoms with van der Waals surface area (Å²) in [5.41, 5.74) is 1.95. The zero-order chi connectivity index (χ0) is 16.5. The molecule has 6 heteroatoms. The lowest BCUT2D eigenvalue weighted by Gasteiger charge is -2.05. The molecular weight excluding hydrogens is 356 g/mol. The van der Waals surface area contributed by atoms with Crippen molar-refractivity contribution in [1.82, 2.24) is 15.6 Å². The number of nitriles is 1. The maximum Gasteiger partial charge on any atom is 0.263 e. The number of benzene rings is 1. The Labute approximate surface area is 143 Å². The van der Waals surface area contributed by atoms with Crippen molar-refractivity contribution in [3.63, 3.8) is 0 Å². The van der Waals surface area contributed by atoms with Crippen molar-refractivity contribution in [3.8, 4) is 6.07 Å². The van der Waals surface area contributed by atoms with Gasteiger partial charge in [-0.1, -0.05) is 34.1 Å². The van der Waals surface area contributed by atoms with Gasteiger partial charge in [0.15, 0.2) is 0 Å². The Bertz CT molecular complexity index is 738. The van der Waals surface area contributed by atoms with Crippen LogP contribution in [-0.2, 0) is 17.9 Å². The van der Waals surface area contributed by atoms with Gasteiger partial charge in [-0.15, -0.1) is 0 Å². The van der Waals surface area contributed by atoms with Gasteiger partial charge in [-0.2, -0.15) is 5.26 Å². The third-order valence-corrected chi connectivity index (χ3v) is 3.48. The number of hydrogen-bond acceptors (Lipinski definition) is 4. The molecule has 1 aromatic carbocycles. The third kappa shape index (κ3) is 5.57. The molecule has 0 fully saturated rings. The second-order valence-electron chi connectivity index (χ2n) is 4.72. The number of hydrogen-bond donors (Lipinski definition) is 2. The molecule has 0 aliphatic carbocycles. The third-order valence-electron chi connectivity index (χ3n) is 2.98. The molecule has 1 amide bonds. The highest BCUT2D eigenvalue weighted by Gasteiger charge is 2.08. The SMILES string of the molecule is N#C/C(=C/NCc1cccc(Br)c1)C(=O)NCc1cccnc1. The minimum absolute atomic E-state index is 0.0314. The highest BCUT2D eigenvalue weighted by atomic mass is 79.9. The Morgan fingerprint density at radius 3 is 2.78 bits per heavy atom. The minimum Gasteiger partial charge on any atom is -0.386 e. The first-order valence-electron chi connectivity index (χ1n) is 6.94. The lowest BCUT2D eigenvalue weighted by molar-refractivity contribution is -0.117. The smallest absolute Gasteiger partial charge is 0.263 e. The topological polar surface area (TPSA) is 77.8 Å². The number of pyridine rings is 1. The van der Waals surface area contributed by atoms with Crippen LogP contribution in [0.5, 0.6) is 0 Å². The Kier molecular flexibility index (Phi) is 6.33. The number of nitrogens with one attached hydrogen (secondary N) is 2. The highest BCUT2D eigenvalue weighted by molar-refractivity contribution is 9.10. The fraction of sp³-hybridized carbons (Fsp3) is 0.118. The predicted octanol–water partition coefficient (Wildman–Crippen LogP) is 2.66. The second kappa shape index (κ2) is 8.71. The molecule has 0 unspecified atom stereocenters. The van der Waals surface area contributed by atoms with Crippen LogP contribution in [0.4, 0.5) is 0 Å². The van der Waals surface area contributed by atoms with Crippen molar-refractivity contribution in [2.24, 2.45) is 0 Å². The quantitative estimate of drug-likeness (QED) is 0.605. The minimum atomic E-state index is -0.418. The molecule has 23 heavy (non-hydrogen) atoms. The van der Waals surface area contributed by atoms with Crippen LogP contribution in [0, 0.1) is 11.3 Å². The van der Waals surface area contributed by atoms with E-state index < -0.39 is 5.91 Å². The molecule has 1 heterocycles. The van der Waals surface area contributed by atoms with E-state index >= 15 is 0 Å². The van der Waals surface area contributed by atoms with E-state index in [1.54, 1.807) is 18.5 Å². The Balaban J connectivity index is 1.88. The second-order valence-corrected chi connectivity index (χ2v) is 5.64. The van der Waals surface area contributed by atoms with Gasteiger partial charge < -0.3 is 10.6 Å². The van der Waals surface area contributed by atoms with Crippen molar-refractivity contribution in [1.29, 1.82) is 5.26 Å². The Hall–Kier alpha value is -2.65. The van der Waals surface area contributed by atoms with Gasteiger partial charge >= 0.3 is 0 Å². The Morgan fingerprint density at radius 1 is 1.26 bits per heavy atom. The number of carbonyl (C=O) groups is 1. The standard InChI is InChI=1S/C17H15BrN4O/c18-16-5-1-3-13(7-16)9-21-12-15(8-19)17(23)22-11-14-4-2-6-20-10-14/h1-7,10,12,21H,9,11H2,(H,22,23)/b15-12-. The summed E-state index contributed by atoms with van der Waals surface area (Å²) >= 11 is 3.40. The lowest BCUT2D eigenvalue weighted by atomic mass is 10.2. The fourth-order valence-electron chi connectivity index (χ4n) is 1.85. The van der Waals surface area contributed by atoms with Crippen molar-refractivity contribution in [2.75, 3.05) is 0 Å². The molecule has 1 aromatic heterocycles. The average Bonchev–Trinajstić information content (AvgIpc) is 2.57. The van der Waals surface area contributed by atoms with E-state index in [2.05, 4.69) is 31.5 Å². The molecule has 0 radical (unpaired) electrons. The van der Waals surface area contributed by atoms with Gasteiger partial charge in [0.1, 0.15) is 11.6 Å². The van der Waals surface area contributed by atoms with Crippen LogP contribution >= 0.6 is 15.9 Å². The van der Waals surface area contributed by atoms with Crippen LogP contribution in [0.15, 0.2) is 65.0 Å². The van der Waals surface area contributed by atoms with E-state index in [0.717, 1.165) is 15.6 Å². The number of amides is 1. The number of nitrogens with zero attached hydrogens (tertiary/aromatic N) is 2. The van der Waals surface area contributed by atoms with Crippen LogP contribution in [0.3, 0.4) is 0 Å². The van der Waals surface area contributed by atoms with Gasteiger partial charge in [0.2, 0.25) is 0 Å². The molecular formula is C17H15BrN4O. The van der Waals surface area contributed by atoms with Crippen molar-refractivity contribution >= 4 is 21.8 Å². The summed E-state index contributed by atoms with van der Waals surface area (Å²) in [6.45, 7) is 0.859. The maximum atomic E-state index is 12.0. The number of aromatic nitrogens is 1. The molecule has 116 valence electrons. The summed E-state index contributed by atoms with van der Waals surface area (Å²) in [5, 5.41) is 14.8. The average molecular weight is 371 g/mol. The van der Waals surface area contributed by atoms with Crippen LogP contribution in [0.25, 0.3) is 0 Å². The first-order chi connectivity index (χ1) is 11.2. The highest BCUT2D eigenvalue weighted by Crippen LogP contribution is 2.11. The van der Waals surface area contributed by atoms with E-state index in [0.29, 0.717) is 13.1 Å². The molecule has 0 atom stereocenters. The van der Waals surface area contributed by atoms with E-state index in [4.69, 9.17) is 5.26 Å². The number of carbonyl (C=O) groups excluding carboxylic acids is 1. The lowest BCUT2D eigenvalue weighted by Crippen LogP contribution is -2.25. The maximum absolute atomic E-state index is 12.0. The summed E-state index contributed by atoms with van der Waals surface area (Å²) in [5.74, 6) is -0.418. The summed E-state index contributed by atoms with van der Waals surface area (Å²) in [4.78, 5) is 15.9. The van der Waals surface area contributed by atoms with Gasteiger partial charge in [0.25, 0.3) is 5.91 Å². The number of rotatable bonds is 6. The summed E-state index contributed by atoms with van der Waals surface area (Å²) in [6.07, 6.45) is 4.76. The molecule has 0 aliphatic heterocycles. The zero-order valence-electron chi connectivity index (χ0n) is 12.3. The molecule has 0 bridgehead atoms. The van der Waals surface area contributed by atoms with E-state index in [1.807, 2.05) is 36.4 Å². The molecule has 5 nitrogen and oxygen atoms in total. The van der Waals surface area contributed by atoms with Gasteiger partial charge in [-0.25, -0.2) is 0 Å². The van der Waals surface area contributed by atoms with Crippen LogP contribution in [0.1, 0.15) is 11.1 Å². The van der Waals surface area contributed by atoms with E-state index in [-0.39, 0.29) is 5.57 Å². The van der Waals surface area contributed by atoms with E-state index in [9.17, 15) is 4.79 Å². The largest absolute Gasteiger partial charge is 0.386 e. The molecule has 2 N–H and O–H groups in total. The number of halogens is 1. The normalized spacial score (nSPS) is 10.7. The first kappa shape index (κ1) is 16.7. The Morgan fingerprint density at radius 2 is 2.09 bits per heavy atom. The van der Waals surface area contributed by atoms with Gasteiger partial charge in [0.05, 0.1) is 0 Å². The predicted molar refractivity (Wildman–Crippen MR) is 90.8 cm³/mol. The summed E-state index contributed by atoms with van der Waals surface area (Å²) < 4.78 is 0.982. The monoisotopic (exact) mass is 370 g/mol. The van der Waals surface area contributed by atoms with E-state index in [1.165, 1.54) is 6.20 Å². The van der Waals surface area contributed by atoms with Gasteiger partial charge in [-0.05, 0) is 29.3 Å². The van der Waals surface area contributed by atoms with Gasteiger partial charge in [-0.3, -0.25) is 9.78 Å². The molecule has 0 spiro atoms. The fourth-order valence-corrected chi connectivity index (χ4v) is 2.29. The summed E-state index contributed by atoms with van der Waals surface area (Å²) in [7, 11) is 0. The van der Waals surface area contributed by atoms with Crippen LogP contribution in [0.2, 0.25) is 0 Å². The molecule has 0 saturated heterocycles. The zero-order valence-corrected chi connectivity index (χ0v) is 13.9. The van der Waals surface area contributed by atoms with Crippen molar-refractivity contribution < 1.29 is 4.79 Å². The van der Waals surface area contributed by atoms with Crippen molar-refractivity contribution in [2.45, 2.75) is 13.1 Å².